The monoisotopic (exact) mass is 453 g/mol. The fourth-order valence-corrected chi connectivity index (χ4v) is 6.23. The van der Waals surface area contributed by atoms with Gasteiger partial charge in [-0.05, 0) is 49.4 Å². The van der Waals surface area contributed by atoms with Crippen molar-refractivity contribution in [3.8, 4) is 5.75 Å². The van der Waals surface area contributed by atoms with Crippen molar-refractivity contribution in [3.05, 3.63) is 29.3 Å². The Morgan fingerprint density at radius 2 is 1.85 bits per heavy atom. The van der Waals surface area contributed by atoms with Crippen LogP contribution in [-0.2, 0) is 20.9 Å². The van der Waals surface area contributed by atoms with E-state index in [1.165, 1.54) is 19.3 Å². The van der Waals surface area contributed by atoms with Crippen LogP contribution in [0.1, 0.15) is 60.9 Å². The molecule has 0 aromatic heterocycles. The predicted molar refractivity (Wildman–Crippen MR) is 119 cm³/mol. The van der Waals surface area contributed by atoms with Crippen LogP contribution in [0, 0.1) is 5.41 Å². The number of likely N-dealkylation sites (tertiary alicyclic amines) is 1. The van der Waals surface area contributed by atoms with E-state index < -0.39 is 6.04 Å². The fourth-order valence-electron chi connectivity index (χ4n) is 6.23. The molecule has 1 spiro atoms. The Morgan fingerprint density at radius 3 is 2.61 bits per heavy atom. The maximum Gasteiger partial charge on any atom is 0.255 e. The number of nitrogens with zero attached hydrogens (tertiary/aromatic N) is 2. The Kier molecular flexibility index (Phi) is 5.18. The van der Waals surface area contributed by atoms with Crippen molar-refractivity contribution < 1.29 is 23.9 Å². The summed E-state index contributed by atoms with van der Waals surface area (Å²) in [6.45, 7) is 4.38. The molecule has 6 rings (SSSR count). The van der Waals surface area contributed by atoms with Crippen LogP contribution in [-0.4, -0.2) is 72.0 Å². The van der Waals surface area contributed by atoms with Gasteiger partial charge in [0.15, 0.2) is 0 Å². The summed E-state index contributed by atoms with van der Waals surface area (Å²) in [6, 6.07) is 5.53. The molecule has 1 unspecified atom stereocenters. The van der Waals surface area contributed by atoms with E-state index in [-0.39, 0.29) is 30.2 Å². The van der Waals surface area contributed by atoms with Gasteiger partial charge in [-0.15, -0.1) is 0 Å². The average Bonchev–Trinajstić information content (AvgIpc) is 2.89. The predicted octanol–water partition coefficient (Wildman–Crippen LogP) is 1.86. The van der Waals surface area contributed by atoms with Crippen LogP contribution in [0.15, 0.2) is 18.2 Å². The standard InChI is InChI=1S/C25H31N3O5/c29-22-9-8-20(23(30)26-22)28-11-16-10-17(6-7-18(16)24(28)31)33-21-5-3-1-2-4-19(21)27-12-25(13-27)14-32-15-25/h6-7,10,19-21H,1-5,8-9,11-15H2,(H,26,29,30)/t19-,20?,21-/m1/s1. The van der Waals surface area contributed by atoms with E-state index in [0.29, 0.717) is 30.0 Å². The minimum Gasteiger partial charge on any atom is -0.489 e. The molecule has 8 heteroatoms. The summed E-state index contributed by atoms with van der Waals surface area (Å²) in [5, 5.41) is 2.36. The van der Waals surface area contributed by atoms with Crippen LogP contribution in [0.4, 0.5) is 0 Å². The maximum atomic E-state index is 13.0. The largest absolute Gasteiger partial charge is 0.489 e. The number of hydrogen-bond acceptors (Lipinski definition) is 6. The highest BCUT2D eigenvalue weighted by Crippen LogP contribution is 2.41. The van der Waals surface area contributed by atoms with Gasteiger partial charge in [-0.25, -0.2) is 0 Å². The number of ether oxygens (including phenoxy) is 2. The second-order valence-corrected chi connectivity index (χ2v) is 10.5. The van der Waals surface area contributed by atoms with Gasteiger partial charge in [-0.1, -0.05) is 12.8 Å². The Balaban J connectivity index is 1.16. The lowest BCUT2D eigenvalue weighted by Crippen LogP contribution is -2.69. The van der Waals surface area contributed by atoms with E-state index in [4.69, 9.17) is 9.47 Å². The maximum absolute atomic E-state index is 13.0. The van der Waals surface area contributed by atoms with Gasteiger partial charge in [-0.3, -0.25) is 24.6 Å². The molecule has 3 saturated heterocycles. The molecule has 3 amide bonds. The molecule has 33 heavy (non-hydrogen) atoms. The normalized spacial score (nSPS) is 31.5. The highest BCUT2D eigenvalue weighted by atomic mass is 16.5. The first-order valence-corrected chi connectivity index (χ1v) is 12.3. The van der Waals surface area contributed by atoms with Gasteiger partial charge in [0.2, 0.25) is 11.8 Å². The van der Waals surface area contributed by atoms with E-state index in [1.807, 2.05) is 18.2 Å². The summed E-state index contributed by atoms with van der Waals surface area (Å²) < 4.78 is 12.0. The van der Waals surface area contributed by atoms with Gasteiger partial charge < -0.3 is 14.4 Å². The number of rotatable bonds is 4. The van der Waals surface area contributed by atoms with Crippen molar-refractivity contribution in [2.45, 2.75) is 69.7 Å². The number of nitrogens with one attached hydrogen (secondary N) is 1. The Bertz CT molecular complexity index is 982. The molecule has 4 aliphatic heterocycles. The summed E-state index contributed by atoms with van der Waals surface area (Å²) in [7, 11) is 0. The van der Waals surface area contributed by atoms with Crippen molar-refractivity contribution in [1.29, 1.82) is 0 Å². The zero-order chi connectivity index (χ0) is 22.6. The molecule has 1 aromatic carbocycles. The molecule has 176 valence electrons. The van der Waals surface area contributed by atoms with Crippen molar-refractivity contribution in [2.24, 2.45) is 5.41 Å². The number of benzene rings is 1. The molecule has 1 aliphatic carbocycles. The Morgan fingerprint density at radius 1 is 1.03 bits per heavy atom. The van der Waals surface area contributed by atoms with Gasteiger partial charge in [0, 0.05) is 43.1 Å². The molecule has 4 fully saturated rings. The average molecular weight is 454 g/mol. The molecule has 5 aliphatic rings. The van der Waals surface area contributed by atoms with E-state index >= 15 is 0 Å². The van der Waals surface area contributed by atoms with E-state index in [1.54, 1.807) is 4.90 Å². The van der Waals surface area contributed by atoms with Gasteiger partial charge >= 0.3 is 0 Å². The first-order chi connectivity index (χ1) is 16.0. The summed E-state index contributed by atoms with van der Waals surface area (Å²) >= 11 is 0. The van der Waals surface area contributed by atoms with Crippen LogP contribution in [0.5, 0.6) is 5.75 Å². The van der Waals surface area contributed by atoms with Gasteiger partial charge in [0.1, 0.15) is 17.9 Å². The van der Waals surface area contributed by atoms with Gasteiger partial charge in [0.25, 0.3) is 5.91 Å². The molecular weight excluding hydrogens is 422 g/mol. The first kappa shape index (κ1) is 21.1. The summed E-state index contributed by atoms with van der Waals surface area (Å²) in [6.07, 6.45) is 6.65. The van der Waals surface area contributed by atoms with Crippen LogP contribution in [0.2, 0.25) is 0 Å². The van der Waals surface area contributed by atoms with Crippen LogP contribution in [0.25, 0.3) is 0 Å². The molecular formula is C25H31N3O5. The number of amides is 3. The molecule has 8 nitrogen and oxygen atoms in total. The number of piperidine rings is 1. The molecule has 1 N–H and O–H groups in total. The highest BCUT2D eigenvalue weighted by molar-refractivity contribution is 6.05. The minimum absolute atomic E-state index is 0.146. The molecule has 0 radical (unpaired) electrons. The Hall–Kier alpha value is -2.45. The molecule has 1 saturated carbocycles. The number of hydrogen-bond donors (Lipinski definition) is 1. The molecule has 3 atom stereocenters. The number of imide groups is 1. The lowest BCUT2D eigenvalue weighted by molar-refractivity contribution is -0.205. The smallest absolute Gasteiger partial charge is 0.255 e. The lowest BCUT2D eigenvalue weighted by Gasteiger charge is -2.58. The van der Waals surface area contributed by atoms with Crippen LogP contribution < -0.4 is 10.1 Å². The van der Waals surface area contributed by atoms with Crippen LogP contribution in [0.3, 0.4) is 0 Å². The van der Waals surface area contributed by atoms with Gasteiger partial charge in [-0.2, -0.15) is 0 Å². The first-order valence-electron chi connectivity index (χ1n) is 12.3. The Labute approximate surface area is 193 Å². The number of fused-ring (bicyclic) bond motifs is 1. The van der Waals surface area contributed by atoms with E-state index in [0.717, 1.165) is 50.5 Å². The summed E-state index contributed by atoms with van der Waals surface area (Å²) in [5.41, 5.74) is 1.91. The quantitative estimate of drug-likeness (QED) is 0.553. The second kappa shape index (κ2) is 8.09. The van der Waals surface area contributed by atoms with Crippen molar-refractivity contribution in [2.75, 3.05) is 26.3 Å². The second-order valence-electron chi connectivity index (χ2n) is 10.5. The third-order valence-electron chi connectivity index (χ3n) is 8.06. The topological polar surface area (TPSA) is 88.2 Å². The minimum atomic E-state index is -0.590. The third kappa shape index (κ3) is 3.73. The van der Waals surface area contributed by atoms with E-state index in [2.05, 4.69) is 10.2 Å². The lowest BCUT2D eigenvalue weighted by atomic mass is 9.76. The molecule has 4 heterocycles. The zero-order valence-electron chi connectivity index (χ0n) is 18.9. The van der Waals surface area contributed by atoms with Crippen molar-refractivity contribution >= 4 is 17.7 Å². The fraction of sp³-hybridized carbons (Fsp3) is 0.640. The number of carbonyl (C=O) groups excluding carboxylic acids is 3. The van der Waals surface area contributed by atoms with Gasteiger partial charge in [0.05, 0.1) is 13.2 Å². The molecule has 0 bridgehead atoms. The van der Waals surface area contributed by atoms with Crippen molar-refractivity contribution in [3.63, 3.8) is 0 Å². The third-order valence-corrected chi connectivity index (χ3v) is 8.06. The number of carbonyl (C=O) groups is 3. The van der Waals surface area contributed by atoms with E-state index in [9.17, 15) is 14.4 Å². The van der Waals surface area contributed by atoms with Crippen LogP contribution >= 0.6 is 0 Å². The summed E-state index contributed by atoms with van der Waals surface area (Å²) in [5.74, 6) is -0.000795. The SMILES string of the molecule is O=C1CCC(N2Cc3cc(O[C@@H]4CCCCC[C@H]4N4CC5(COC5)C4)ccc3C2=O)C(=O)N1. The highest BCUT2D eigenvalue weighted by Gasteiger charge is 2.52. The zero-order valence-corrected chi connectivity index (χ0v) is 18.9. The van der Waals surface area contributed by atoms with Crippen molar-refractivity contribution in [1.82, 2.24) is 15.1 Å². The summed E-state index contributed by atoms with van der Waals surface area (Å²) in [4.78, 5) is 40.9. The molecule has 1 aromatic rings.